The van der Waals surface area contributed by atoms with Gasteiger partial charge in [0.05, 0.1) is 5.57 Å². The van der Waals surface area contributed by atoms with Gasteiger partial charge in [-0.25, -0.2) is 0 Å². The van der Waals surface area contributed by atoms with E-state index in [9.17, 15) is 13.2 Å². The minimum Gasteiger partial charge on any atom is -0.378 e. The van der Waals surface area contributed by atoms with Crippen molar-refractivity contribution in [3.63, 3.8) is 0 Å². The van der Waals surface area contributed by atoms with Crippen molar-refractivity contribution in [2.24, 2.45) is 10.1 Å². The van der Waals surface area contributed by atoms with E-state index in [4.69, 9.17) is 9.59 Å². The molecular weight excluding hydrogens is 448 g/mol. The minimum atomic E-state index is -4.08. The van der Waals surface area contributed by atoms with Gasteiger partial charge in [-0.1, -0.05) is 42.8 Å². The van der Waals surface area contributed by atoms with E-state index >= 15 is 0 Å². The number of amides is 1. The highest BCUT2D eigenvalue weighted by Gasteiger charge is 2.35. The smallest absolute Gasteiger partial charge is 0.339 e. The number of aliphatic imine (C=N–C) groups is 1. The van der Waals surface area contributed by atoms with Crippen molar-refractivity contribution in [2.75, 3.05) is 0 Å². The van der Waals surface area contributed by atoms with Crippen LogP contribution < -0.4 is 4.18 Å². The number of hydrogen-bond donors (Lipinski definition) is 1. The third-order valence-electron chi connectivity index (χ3n) is 4.69. The van der Waals surface area contributed by atoms with E-state index in [1.165, 1.54) is 41.0 Å². The summed E-state index contributed by atoms with van der Waals surface area (Å²) in [5, 5.41) is 15.3. The maximum Gasteiger partial charge on any atom is 0.339 e. The lowest BCUT2D eigenvalue weighted by Crippen LogP contribution is -2.35. The number of benzene rings is 2. The molecular formula is C22H20N4O4S2. The molecule has 164 valence electrons. The molecule has 0 spiro atoms. The molecule has 2 aliphatic heterocycles. The molecule has 8 nitrogen and oxygen atoms in total. The first-order valence-corrected chi connectivity index (χ1v) is 12.1. The zero-order chi connectivity index (χ0) is 22.9. The lowest BCUT2D eigenvalue weighted by molar-refractivity contribution is -0.114. The van der Waals surface area contributed by atoms with Gasteiger partial charge in [-0.3, -0.25) is 10.2 Å². The van der Waals surface area contributed by atoms with Gasteiger partial charge in [-0.2, -0.15) is 23.5 Å². The van der Waals surface area contributed by atoms with E-state index in [0.29, 0.717) is 10.7 Å². The first kappa shape index (κ1) is 22.0. The fourth-order valence-electron chi connectivity index (χ4n) is 3.05. The van der Waals surface area contributed by atoms with E-state index in [-0.39, 0.29) is 22.1 Å². The van der Waals surface area contributed by atoms with Crippen LogP contribution in [0.2, 0.25) is 0 Å². The third-order valence-corrected chi connectivity index (χ3v) is 6.90. The largest absolute Gasteiger partial charge is 0.378 e. The number of carbonyl (C=O) groups is 1. The van der Waals surface area contributed by atoms with E-state index in [0.717, 1.165) is 23.4 Å². The molecule has 4 rings (SSSR count). The van der Waals surface area contributed by atoms with Crippen LogP contribution in [-0.2, 0) is 14.9 Å². The monoisotopic (exact) mass is 468 g/mol. The fraction of sp³-hybridized carbons (Fsp3) is 0.182. The molecule has 2 aliphatic rings. The van der Waals surface area contributed by atoms with Gasteiger partial charge in [0.1, 0.15) is 15.7 Å². The summed E-state index contributed by atoms with van der Waals surface area (Å²) in [4.78, 5) is 16.7. The Bertz CT molecular complexity index is 1300. The van der Waals surface area contributed by atoms with Gasteiger partial charge in [0.25, 0.3) is 5.91 Å². The number of hydrogen-bond acceptors (Lipinski definition) is 7. The topological polar surface area (TPSA) is 112 Å². The number of fused-ring (bicyclic) bond motifs is 1. The maximum atomic E-state index is 12.7. The molecule has 2 heterocycles. The van der Waals surface area contributed by atoms with Gasteiger partial charge >= 0.3 is 10.1 Å². The third kappa shape index (κ3) is 4.37. The summed E-state index contributed by atoms with van der Waals surface area (Å²) in [6.07, 6.45) is 3.02. The van der Waals surface area contributed by atoms with Gasteiger partial charge < -0.3 is 4.18 Å². The zero-order valence-corrected chi connectivity index (χ0v) is 19.0. The number of nitrogens with one attached hydrogen (secondary N) is 1. The number of amidine groups is 2. The highest BCUT2D eigenvalue weighted by Crippen LogP contribution is 2.31. The highest BCUT2D eigenvalue weighted by molar-refractivity contribution is 8.26. The molecule has 0 aromatic heterocycles. The Morgan fingerprint density at radius 3 is 2.59 bits per heavy atom. The molecule has 2 aromatic rings. The molecule has 0 bridgehead atoms. The Balaban J connectivity index is 1.67. The predicted octanol–water partition coefficient (Wildman–Crippen LogP) is 4.18. The van der Waals surface area contributed by atoms with Crippen molar-refractivity contribution in [2.45, 2.75) is 31.6 Å². The molecule has 0 fully saturated rings. The standard InChI is InChI=1S/C22H20N4O4S2/c1-3-6-19-25-26-20(23)17(21(27)24-22(26)31-19)13-15-7-4-5-8-18(15)30-32(28,29)16-11-9-14(2)10-12-16/h4-5,7-13,23H,3,6H2,1-2H3/b17-13+,23-20?. The van der Waals surface area contributed by atoms with Gasteiger partial charge in [0.2, 0.25) is 5.17 Å². The minimum absolute atomic E-state index is 0.000340. The van der Waals surface area contributed by atoms with Crippen LogP contribution in [0.3, 0.4) is 0 Å². The fourth-order valence-corrected chi connectivity index (χ4v) is 4.99. The highest BCUT2D eigenvalue weighted by atomic mass is 32.2. The van der Waals surface area contributed by atoms with E-state index in [1.54, 1.807) is 30.3 Å². The second kappa shape index (κ2) is 8.71. The molecule has 2 aromatic carbocycles. The summed E-state index contributed by atoms with van der Waals surface area (Å²) in [7, 11) is -4.08. The van der Waals surface area contributed by atoms with Crippen LogP contribution in [0.25, 0.3) is 6.08 Å². The molecule has 0 aliphatic carbocycles. The van der Waals surface area contributed by atoms with Crippen LogP contribution in [0, 0.1) is 12.3 Å². The molecule has 0 saturated carbocycles. The molecule has 0 unspecified atom stereocenters. The van der Waals surface area contributed by atoms with Crippen molar-refractivity contribution < 1.29 is 17.4 Å². The first-order valence-electron chi connectivity index (χ1n) is 9.88. The Morgan fingerprint density at radius 1 is 1.16 bits per heavy atom. The van der Waals surface area contributed by atoms with Crippen molar-refractivity contribution in [1.82, 2.24) is 5.01 Å². The van der Waals surface area contributed by atoms with Gasteiger partial charge in [-0.15, -0.1) is 0 Å². The number of nitrogens with zero attached hydrogens (tertiary/aromatic N) is 3. The van der Waals surface area contributed by atoms with Crippen LogP contribution >= 0.6 is 11.8 Å². The van der Waals surface area contributed by atoms with E-state index in [2.05, 4.69) is 10.1 Å². The Hall–Kier alpha value is -3.24. The van der Waals surface area contributed by atoms with Crippen LogP contribution in [0.15, 0.2) is 69.1 Å². The van der Waals surface area contributed by atoms with E-state index < -0.39 is 16.0 Å². The number of aryl methyl sites for hydroxylation is 1. The maximum absolute atomic E-state index is 12.7. The molecule has 10 heteroatoms. The summed E-state index contributed by atoms with van der Waals surface area (Å²) < 4.78 is 30.8. The quantitative estimate of drug-likeness (QED) is 0.503. The molecule has 0 saturated heterocycles. The predicted molar refractivity (Wildman–Crippen MR) is 125 cm³/mol. The number of para-hydroxylation sites is 1. The second-order valence-electron chi connectivity index (χ2n) is 7.15. The Kier molecular flexibility index (Phi) is 5.98. The summed E-state index contributed by atoms with van der Waals surface area (Å²) in [5.41, 5.74) is 1.26. The van der Waals surface area contributed by atoms with Crippen molar-refractivity contribution in [3.8, 4) is 5.75 Å². The zero-order valence-electron chi connectivity index (χ0n) is 17.4. The summed E-state index contributed by atoms with van der Waals surface area (Å²) in [6.45, 7) is 3.88. The molecule has 1 N–H and O–H groups in total. The second-order valence-corrected chi connectivity index (χ2v) is 9.74. The average molecular weight is 469 g/mol. The molecule has 0 atom stereocenters. The molecule has 0 radical (unpaired) electrons. The van der Waals surface area contributed by atoms with Crippen LogP contribution in [-0.4, -0.2) is 35.4 Å². The average Bonchev–Trinajstić information content (AvgIpc) is 3.15. The number of hydrazone groups is 1. The number of thioether (sulfide) groups is 1. The first-order chi connectivity index (χ1) is 15.3. The Morgan fingerprint density at radius 2 is 1.88 bits per heavy atom. The van der Waals surface area contributed by atoms with Crippen molar-refractivity contribution in [1.29, 1.82) is 5.41 Å². The normalized spacial score (nSPS) is 17.3. The summed E-state index contributed by atoms with van der Waals surface area (Å²) >= 11 is 1.28. The summed E-state index contributed by atoms with van der Waals surface area (Å²) in [5.74, 6) is -0.658. The summed E-state index contributed by atoms with van der Waals surface area (Å²) in [6, 6.07) is 12.7. The molecule has 32 heavy (non-hydrogen) atoms. The van der Waals surface area contributed by atoms with Crippen LogP contribution in [0.5, 0.6) is 5.75 Å². The van der Waals surface area contributed by atoms with E-state index in [1.807, 2.05) is 13.8 Å². The van der Waals surface area contributed by atoms with Gasteiger partial charge in [0, 0.05) is 5.56 Å². The lowest BCUT2D eigenvalue weighted by Gasteiger charge is -2.20. The van der Waals surface area contributed by atoms with Crippen LogP contribution in [0.1, 0.15) is 30.9 Å². The lowest BCUT2D eigenvalue weighted by atomic mass is 10.1. The SMILES string of the molecule is CCCC1=NN2C(=N)/C(=C\c3ccccc3OS(=O)(=O)c3ccc(C)cc3)C(=O)N=C2S1. The van der Waals surface area contributed by atoms with Gasteiger partial charge in [-0.05, 0) is 55.8 Å². The molecule has 1 amide bonds. The number of carbonyl (C=O) groups excluding carboxylic acids is 1. The van der Waals surface area contributed by atoms with Crippen LogP contribution in [0.4, 0.5) is 0 Å². The number of rotatable bonds is 6. The Labute approximate surface area is 190 Å². The van der Waals surface area contributed by atoms with Crippen molar-refractivity contribution >= 4 is 49.9 Å². The van der Waals surface area contributed by atoms with Crippen molar-refractivity contribution in [3.05, 3.63) is 65.2 Å². The van der Waals surface area contributed by atoms with Gasteiger partial charge in [0.15, 0.2) is 5.84 Å².